The molecule has 0 aliphatic heterocycles. The molecule has 0 bridgehead atoms. The highest BCUT2D eigenvalue weighted by molar-refractivity contribution is 7.17. The van der Waals surface area contributed by atoms with Gasteiger partial charge < -0.3 is 9.47 Å². The molecule has 3 heteroatoms. The maximum absolute atomic E-state index is 4.98. The van der Waals surface area contributed by atoms with E-state index in [-0.39, 0.29) is 0 Å². The van der Waals surface area contributed by atoms with Crippen molar-refractivity contribution in [3.8, 4) is 0 Å². The smallest absolute Gasteiger partial charge is 0.0462 e. The van der Waals surface area contributed by atoms with Gasteiger partial charge in [0.15, 0.2) is 0 Å². The topological polar surface area (TPSA) is 18.5 Å². The second kappa shape index (κ2) is 9.44. The van der Waals surface area contributed by atoms with Crippen molar-refractivity contribution < 1.29 is 9.47 Å². The molecule has 0 heterocycles. The molecule has 0 spiro atoms. The summed E-state index contributed by atoms with van der Waals surface area (Å²) in [6.45, 7) is 1.77. The molecule has 0 amide bonds. The summed E-state index contributed by atoms with van der Waals surface area (Å²) >= 11 is 0. The molecule has 0 saturated heterocycles. The first kappa shape index (κ1) is 12.3. The number of hydrogen-bond donors (Lipinski definition) is 0. The van der Waals surface area contributed by atoms with E-state index in [0.717, 1.165) is 31.7 Å². The molecule has 74 valence electrons. The molecule has 0 N–H and O–H groups in total. The summed E-state index contributed by atoms with van der Waals surface area (Å²) in [7, 11) is 6.39. The molecule has 2 nitrogen and oxygen atoms in total. The van der Waals surface area contributed by atoms with Crippen molar-refractivity contribution in [2.75, 3.05) is 27.4 Å². The second-order valence-electron chi connectivity index (χ2n) is 3.03. The minimum Gasteiger partial charge on any atom is -0.385 e. The Hall–Kier alpha value is 0.350. The number of hydrogen-bond acceptors (Lipinski definition) is 2. The van der Waals surface area contributed by atoms with E-state index < -0.39 is 0 Å². The van der Waals surface area contributed by atoms with E-state index >= 15 is 0 Å². The molecule has 0 radical (unpaired) electrons. The summed E-state index contributed by atoms with van der Waals surface area (Å²) in [5.41, 5.74) is 0.732. The summed E-state index contributed by atoms with van der Waals surface area (Å²) in [6.07, 6.45) is 4.81. The van der Waals surface area contributed by atoms with E-state index in [2.05, 4.69) is 9.24 Å². The highest BCUT2D eigenvalue weighted by atomic mass is 31.0. The van der Waals surface area contributed by atoms with Crippen molar-refractivity contribution in [1.29, 1.82) is 0 Å². The van der Waals surface area contributed by atoms with Crippen LogP contribution in [0.2, 0.25) is 0 Å². The van der Waals surface area contributed by atoms with Crippen LogP contribution in [0.3, 0.4) is 0 Å². The lowest BCUT2D eigenvalue weighted by molar-refractivity contribution is 0.186. The van der Waals surface area contributed by atoms with Gasteiger partial charge in [0.05, 0.1) is 0 Å². The van der Waals surface area contributed by atoms with Gasteiger partial charge in [-0.15, -0.1) is 9.24 Å². The average Bonchev–Trinajstić information content (AvgIpc) is 2.06. The summed E-state index contributed by atoms with van der Waals surface area (Å²) < 4.78 is 9.97. The standard InChI is InChI=1S/C9H21O2P/c1-10-7-3-5-9(12)6-4-8-11-2/h9H,3-8,12H2,1-2H3. The van der Waals surface area contributed by atoms with Crippen LogP contribution in [-0.2, 0) is 9.47 Å². The Labute approximate surface area is 78.2 Å². The lowest BCUT2D eigenvalue weighted by Crippen LogP contribution is -2.02. The fourth-order valence-corrected chi connectivity index (χ4v) is 1.60. The number of rotatable bonds is 8. The van der Waals surface area contributed by atoms with Gasteiger partial charge in [-0.3, -0.25) is 0 Å². The van der Waals surface area contributed by atoms with Crippen molar-refractivity contribution in [3.63, 3.8) is 0 Å². The molecule has 0 aliphatic rings. The Bertz CT molecular complexity index is 78.6. The third kappa shape index (κ3) is 8.45. The monoisotopic (exact) mass is 192 g/mol. The van der Waals surface area contributed by atoms with E-state index in [1.54, 1.807) is 14.2 Å². The Balaban J connectivity index is 3.04. The Morgan fingerprint density at radius 3 is 1.75 bits per heavy atom. The summed E-state index contributed by atoms with van der Waals surface area (Å²) in [5.74, 6) is 0. The zero-order chi connectivity index (χ0) is 9.23. The Morgan fingerprint density at radius 2 is 1.42 bits per heavy atom. The third-order valence-electron chi connectivity index (χ3n) is 1.85. The van der Waals surface area contributed by atoms with E-state index in [4.69, 9.17) is 9.47 Å². The van der Waals surface area contributed by atoms with Crippen LogP contribution in [0.15, 0.2) is 0 Å². The average molecular weight is 192 g/mol. The molecule has 0 rings (SSSR count). The molecule has 0 aromatic rings. The minimum absolute atomic E-state index is 0.732. The molecule has 0 saturated carbocycles. The van der Waals surface area contributed by atoms with Crippen LogP contribution < -0.4 is 0 Å². The first-order valence-electron chi connectivity index (χ1n) is 4.54. The van der Waals surface area contributed by atoms with Crippen molar-refractivity contribution in [1.82, 2.24) is 0 Å². The lowest BCUT2D eigenvalue weighted by Gasteiger charge is -2.09. The zero-order valence-corrected chi connectivity index (χ0v) is 9.37. The second-order valence-corrected chi connectivity index (χ2v) is 3.97. The fraction of sp³-hybridized carbons (Fsp3) is 1.00. The van der Waals surface area contributed by atoms with Gasteiger partial charge in [0.1, 0.15) is 0 Å². The van der Waals surface area contributed by atoms with Gasteiger partial charge >= 0.3 is 0 Å². The number of methoxy groups -OCH3 is 2. The van der Waals surface area contributed by atoms with Crippen LogP contribution in [0, 0.1) is 0 Å². The lowest BCUT2D eigenvalue weighted by atomic mass is 10.1. The van der Waals surface area contributed by atoms with Crippen molar-refractivity contribution >= 4 is 9.24 Å². The van der Waals surface area contributed by atoms with E-state index in [9.17, 15) is 0 Å². The maximum Gasteiger partial charge on any atom is 0.0462 e. The van der Waals surface area contributed by atoms with Crippen LogP contribution in [-0.4, -0.2) is 33.1 Å². The predicted octanol–water partition coefficient (Wildman–Crippen LogP) is 2.08. The van der Waals surface area contributed by atoms with E-state index in [0.29, 0.717) is 0 Å². The fourth-order valence-electron chi connectivity index (χ4n) is 1.12. The molecule has 0 aromatic heterocycles. The number of ether oxygens (including phenoxy) is 2. The SMILES string of the molecule is COCCCC(P)CCCOC. The zero-order valence-electron chi connectivity index (χ0n) is 8.21. The van der Waals surface area contributed by atoms with Gasteiger partial charge in [-0.1, -0.05) is 0 Å². The molecule has 0 aromatic carbocycles. The normalized spacial score (nSPS) is 11.0. The van der Waals surface area contributed by atoms with Crippen LogP contribution in [0.5, 0.6) is 0 Å². The van der Waals surface area contributed by atoms with Crippen molar-refractivity contribution in [2.45, 2.75) is 31.3 Å². The van der Waals surface area contributed by atoms with Crippen LogP contribution in [0.4, 0.5) is 0 Å². The highest BCUT2D eigenvalue weighted by Crippen LogP contribution is 2.14. The van der Waals surface area contributed by atoms with Gasteiger partial charge in [0.2, 0.25) is 0 Å². The first-order chi connectivity index (χ1) is 5.81. The van der Waals surface area contributed by atoms with Gasteiger partial charge in [-0.2, -0.15) is 0 Å². The van der Waals surface area contributed by atoms with Crippen molar-refractivity contribution in [3.05, 3.63) is 0 Å². The van der Waals surface area contributed by atoms with E-state index in [1.165, 1.54) is 12.8 Å². The van der Waals surface area contributed by atoms with Crippen LogP contribution in [0.25, 0.3) is 0 Å². The molecule has 1 atom stereocenters. The first-order valence-corrected chi connectivity index (χ1v) is 5.21. The largest absolute Gasteiger partial charge is 0.385 e. The summed E-state index contributed by atoms with van der Waals surface area (Å²) in [4.78, 5) is 0. The molecular formula is C9H21O2P. The maximum atomic E-state index is 4.98. The van der Waals surface area contributed by atoms with Gasteiger partial charge in [-0.25, -0.2) is 0 Å². The Morgan fingerprint density at radius 1 is 1.00 bits per heavy atom. The molecular weight excluding hydrogens is 171 g/mol. The molecule has 0 aliphatic carbocycles. The van der Waals surface area contributed by atoms with Crippen LogP contribution >= 0.6 is 9.24 Å². The molecule has 12 heavy (non-hydrogen) atoms. The van der Waals surface area contributed by atoms with Gasteiger partial charge in [-0.05, 0) is 31.3 Å². The molecule has 1 unspecified atom stereocenters. The van der Waals surface area contributed by atoms with E-state index in [1.807, 2.05) is 0 Å². The third-order valence-corrected chi connectivity index (χ3v) is 2.51. The quantitative estimate of drug-likeness (QED) is 0.433. The molecule has 0 fully saturated rings. The summed E-state index contributed by atoms with van der Waals surface area (Å²) in [6, 6.07) is 0. The van der Waals surface area contributed by atoms with Gasteiger partial charge in [0.25, 0.3) is 0 Å². The van der Waals surface area contributed by atoms with Crippen LogP contribution in [0.1, 0.15) is 25.7 Å². The predicted molar refractivity (Wildman–Crippen MR) is 55.7 cm³/mol. The van der Waals surface area contributed by atoms with Gasteiger partial charge in [0, 0.05) is 27.4 Å². The highest BCUT2D eigenvalue weighted by Gasteiger charge is 2.00. The minimum atomic E-state index is 0.732. The summed E-state index contributed by atoms with van der Waals surface area (Å²) in [5, 5.41) is 0. The van der Waals surface area contributed by atoms with Crippen molar-refractivity contribution in [2.24, 2.45) is 0 Å². The Kier molecular flexibility index (Phi) is 9.71.